The Bertz CT molecular complexity index is 997. The lowest BCUT2D eigenvalue weighted by atomic mass is 9.98. The first-order chi connectivity index (χ1) is 14.8. The highest BCUT2D eigenvalue weighted by molar-refractivity contribution is 5.99. The Hall–Kier alpha value is -3.42. The van der Waals surface area contributed by atoms with Crippen LogP contribution >= 0.6 is 0 Å². The highest BCUT2D eigenvalue weighted by Gasteiger charge is 2.24. The van der Waals surface area contributed by atoms with E-state index >= 15 is 0 Å². The largest absolute Gasteiger partial charge is 0.452 e. The van der Waals surface area contributed by atoms with Crippen molar-refractivity contribution in [3.8, 4) is 0 Å². The summed E-state index contributed by atoms with van der Waals surface area (Å²) in [5.41, 5.74) is 3.13. The van der Waals surface area contributed by atoms with E-state index in [1.807, 2.05) is 43.9 Å². The van der Waals surface area contributed by atoms with Gasteiger partial charge in [-0.05, 0) is 42.9 Å². The van der Waals surface area contributed by atoms with E-state index < -0.39 is 23.4 Å². The third kappa shape index (κ3) is 5.20. The quantitative estimate of drug-likeness (QED) is 0.400. The molecule has 0 saturated carbocycles. The number of nitro benzene ring substituents is 1. The molecule has 1 aliphatic heterocycles. The number of rotatable bonds is 7. The lowest BCUT2D eigenvalue weighted by Gasteiger charge is -2.20. The number of hydrogen-bond donors (Lipinski definition) is 1. The van der Waals surface area contributed by atoms with Gasteiger partial charge in [-0.25, -0.2) is 4.79 Å². The van der Waals surface area contributed by atoms with Gasteiger partial charge in [0.25, 0.3) is 11.6 Å². The van der Waals surface area contributed by atoms with Crippen LogP contribution in [0.2, 0.25) is 0 Å². The van der Waals surface area contributed by atoms with E-state index in [4.69, 9.17) is 4.74 Å². The molecule has 0 spiro atoms. The summed E-state index contributed by atoms with van der Waals surface area (Å²) in [4.78, 5) is 37.9. The standard InChI is InChI=1S/C23H27N3O5/c1-15(2)18-8-6-7-16(3)22(18)24-21(27)14-31-23(28)19-13-17(26(29)30)9-10-20(19)25-11-4-5-12-25/h6-10,13,15H,4-5,11-12,14H2,1-3H3,(H,24,27). The first kappa shape index (κ1) is 22.3. The van der Waals surface area contributed by atoms with Crippen molar-refractivity contribution in [1.82, 2.24) is 0 Å². The van der Waals surface area contributed by atoms with E-state index in [0.717, 1.165) is 37.1 Å². The van der Waals surface area contributed by atoms with Crippen LogP contribution in [0.4, 0.5) is 17.1 Å². The number of aryl methyl sites for hydroxylation is 1. The Balaban J connectivity index is 1.74. The fourth-order valence-electron chi connectivity index (χ4n) is 3.76. The zero-order valence-electron chi connectivity index (χ0n) is 18.0. The first-order valence-electron chi connectivity index (χ1n) is 10.4. The van der Waals surface area contributed by atoms with Gasteiger partial charge in [-0.2, -0.15) is 0 Å². The van der Waals surface area contributed by atoms with Crippen LogP contribution in [0.15, 0.2) is 36.4 Å². The number of esters is 1. The number of ether oxygens (including phenoxy) is 1. The zero-order valence-corrected chi connectivity index (χ0v) is 18.0. The molecule has 0 aromatic heterocycles. The molecule has 1 heterocycles. The van der Waals surface area contributed by atoms with Crippen molar-refractivity contribution in [2.24, 2.45) is 0 Å². The predicted octanol–water partition coefficient (Wildman–Crippen LogP) is 4.42. The van der Waals surface area contributed by atoms with Gasteiger partial charge in [-0.15, -0.1) is 0 Å². The lowest BCUT2D eigenvalue weighted by molar-refractivity contribution is -0.384. The number of anilines is 2. The van der Waals surface area contributed by atoms with Gasteiger partial charge in [0.05, 0.1) is 16.2 Å². The molecule has 8 heteroatoms. The minimum Gasteiger partial charge on any atom is -0.452 e. The SMILES string of the molecule is Cc1cccc(C(C)C)c1NC(=O)COC(=O)c1cc([N+](=O)[O-])ccc1N1CCCC1. The molecule has 2 aromatic carbocycles. The summed E-state index contributed by atoms with van der Waals surface area (Å²) in [6.45, 7) is 7.03. The average Bonchev–Trinajstić information content (AvgIpc) is 3.27. The summed E-state index contributed by atoms with van der Waals surface area (Å²) in [7, 11) is 0. The molecule has 164 valence electrons. The number of benzene rings is 2. The molecule has 3 rings (SSSR count). The summed E-state index contributed by atoms with van der Waals surface area (Å²) in [5.74, 6) is -1.00. The molecule has 2 aromatic rings. The third-order valence-electron chi connectivity index (χ3n) is 5.38. The molecule has 0 bridgehead atoms. The summed E-state index contributed by atoms with van der Waals surface area (Å²) in [6.07, 6.45) is 1.98. The van der Waals surface area contributed by atoms with E-state index in [-0.39, 0.29) is 17.2 Å². The molecule has 1 amide bonds. The molecule has 0 radical (unpaired) electrons. The number of para-hydroxylation sites is 1. The van der Waals surface area contributed by atoms with Gasteiger partial charge in [-0.3, -0.25) is 14.9 Å². The van der Waals surface area contributed by atoms with Gasteiger partial charge >= 0.3 is 5.97 Å². The monoisotopic (exact) mass is 425 g/mol. The van der Waals surface area contributed by atoms with Crippen LogP contribution in [-0.2, 0) is 9.53 Å². The Kier molecular flexibility index (Phi) is 6.89. The number of nitrogens with one attached hydrogen (secondary N) is 1. The molecule has 0 aliphatic carbocycles. The summed E-state index contributed by atoms with van der Waals surface area (Å²) in [5, 5.41) is 14.0. The van der Waals surface area contributed by atoms with E-state index in [0.29, 0.717) is 11.4 Å². The van der Waals surface area contributed by atoms with Gasteiger partial charge in [-0.1, -0.05) is 32.0 Å². The maximum Gasteiger partial charge on any atom is 0.341 e. The second-order valence-electron chi connectivity index (χ2n) is 7.97. The number of hydrogen-bond acceptors (Lipinski definition) is 6. The summed E-state index contributed by atoms with van der Waals surface area (Å²) < 4.78 is 5.24. The highest BCUT2D eigenvalue weighted by Crippen LogP contribution is 2.29. The van der Waals surface area contributed by atoms with Crippen molar-refractivity contribution < 1.29 is 19.2 Å². The second-order valence-corrected chi connectivity index (χ2v) is 7.97. The number of carbonyl (C=O) groups excluding carboxylic acids is 2. The van der Waals surface area contributed by atoms with Crippen molar-refractivity contribution in [3.63, 3.8) is 0 Å². The molecule has 1 saturated heterocycles. The lowest BCUT2D eigenvalue weighted by Crippen LogP contribution is -2.24. The van der Waals surface area contributed by atoms with Crippen LogP contribution in [0.1, 0.15) is 54.1 Å². The Labute approximate surface area is 181 Å². The number of non-ortho nitro benzene ring substituents is 1. The number of carbonyl (C=O) groups is 2. The molecule has 0 unspecified atom stereocenters. The molecule has 1 fully saturated rings. The Morgan fingerprint density at radius 2 is 1.90 bits per heavy atom. The maximum absolute atomic E-state index is 12.7. The van der Waals surface area contributed by atoms with E-state index in [9.17, 15) is 19.7 Å². The maximum atomic E-state index is 12.7. The topological polar surface area (TPSA) is 102 Å². The van der Waals surface area contributed by atoms with E-state index in [1.165, 1.54) is 12.1 Å². The minimum absolute atomic E-state index is 0.0997. The normalized spacial score (nSPS) is 13.4. The predicted molar refractivity (Wildman–Crippen MR) is 119 cm³/mol. The van der Waals surface area contributed by atoms with Crippen LogP contribution in [0, 0.1) is 17.0 Å². The molecular formula is C23H27N3O5. The van der Waals surface area contributed by atoms with Crippen LogP contribution in [0.3, 0.4) is 0 Å². The van der Waals surface area contributed by atoms with Crippen molar-refractivity contribution in [3.05, 3.63) is 63.2 Å². The Morgan fingerprint density at radius 1 is 1.19 bits per heavy atom. The third-order valence-corrected chi connectivity index (χ3v) is 5.38. The smallest absolute Gasteiger partial charge is 0.341 e. The van der Waals surface area contributed by atoms with Gasteiger partial charge in [0, 0.05) is 30.9 Å². The molecule has 31 heavy (non-hydrogen) atoms. The minimum atomic E-state index is -0.755. The van der Waals surface area contributed by atoms with E-state index in [2.05, 4.69) is 5.32 Å². The van der Waals surface area contributed by atoms with Gasteiger partial charge in [0.1, 0.15) is 0 Å². The van der Waals surface area contributed by atoms with Gasteiger partial charge < -0.3 is 15.0 Å². The number of amides is 1. The van der Waals surface area contributed by atoms with Crippen LogP contribution in [-0.4, -0.2) is 36.5 Å². The molecule has 8 nitrogen and oxygen atoms in total. The highest BCUT2D eigenvalue weighted by atomic mass is 16.6. The van der Waals surface area contributed by atoms with Crippen molar-refractivity contribution in [1.29, 1.82) is 0 Å². The average molecular weight is 425 g/mol. The summed E-state index contributed by atoms with van der Waals surface area (Å²) >= 11 is 0. The van der Waals surface area contributed by atoms with Gasteiger partial charge in [0.2, 0.25) is 0 Å². The van der Waals surface area contributed by atoms with Crippen LogP contribution in [0.5, 0.6) is 0 Å². The van der Waals surface area contributed by atoms with Gasteiger partial charge in [0.15, 0.2) is 6.61 Å². The zero-order chi connectivity index (χ0) is 22.5. The first-order valence-corrected chi connectivity index (χ1v) is 10.4. The molecular weight excluding hydrogens is 398 g/mol. The van der Waals surface area contributed by atoms with Crippen molar-refractivity contribution in [2.45, 2.75) is 39.5 Å². The summed E-state index contributed by atoms with van der Waals surface area (Å²) in [6, 6.07) is 9.95. The van der Waals surface area contributed by atoms with Crippen LogP contribution in [0.25, 0.3) is 0 Å². The van der Waals surface area contributed by atoms with Crippen molar-refractivity contribution >= 4 is 28.9 Å². The van der Waals surface area contributed by atoms with E-state index in [1.54, 1.807) is 6.07 Å². The number of nitro groups is 1. The fourth-order valence-corrected chi connectivity index (χ4v) is 3.76. The number of nitrogens with zero attached hydrogens (tertiary/aromatic N) is 2. The molecule has 1 aliphatic rings. The second kappa shape index (κ2) is 9.59. The molecule has 1 N–H and O–H groups in total. The molecule has 0 atom stereocenters. The van der Waals surface area contributed by atoms with Crippen molar-refractivity contribution in [2.75, 3.05) is 29.9 Å². The Morgan fingerprint density at radius 3 is 2.55 bits per heavy atom. The van der Waals surface area contributed by atoms with Crippen LogP contribution < -0.4 is 10.2 Å². The fraction of sp³-hybridized carbons (Fsp3) is 0.391.